The molecule has 0 fully saturated rings. The van der Waals surface area contributed by atoms with Gasteiger partial charge in [-0.15, -0.1) is 0 Å². The molecule has 0 radical (unpaired) electrons. The van der Waals surface area contributed by atoms with Gasteiger partial charge in [0.25, 0.3) is 0 Å². The summed E-state index contributed by atoms with van der Waals surface area (Å²) in [4.78, 5) is 1.76. The second-order valence-corrected chi connectivity index (χ2v) is 2.41. The van der Waals surface area contributed by atoms with Crippen LogP contribution in [0.15, 0.2) is 0 Å². The predicted octanol–water partition coefficient (Wildman–Crippen LogP) is 0.950. The molecule has 0 aliphatic carbocycles. The zero-order valence-electron chi connectivity index (χ0n) is 7.14. The minimum absolute atomic E-state index is 0.0463. The van der Waals surface area contributed by atoms with E-state index in [-0.39, 0.29) is 6.10 Å². The maximum atomic E-state index is 7.50. The molecule has 60 valence electrons. The molecule has 1 N–H and O–H groups in total. The van der Waals surface area contributed by atoms with Crippen LogP contribution in [0.25, 0.3) is 0 Å². The fourth-order valence-corrected chi connectivity index (χ4v) is 0.760. The number of methoxy groups -OCH3 is 1. The third-order valence-corrected chi connectivity index (χ3v) is 1.44. The van der Waals surface area contributed by atoms with Gasteiger partial charge >= 0.3 is 0 Å². The summed E-state index contributed by atoms with van der Waals surface area (Å²) < 4.78 is 5.06. The van der Waals surface area contributed by atoms with Crippen LogP contribution in [0, 0.1) is 5.41 Å². The van der Waals surface area contributed by atoms with E-state index >= 15 is 0 Å². The molecule has 0 saturated carbocycles. The van der Waals surface area contributed by atoms with Crippen LogP contribution < -0.4 is 0 Å². The number of nitrogens with zero attached hydrogens (tertiary/aromatic N) is 1. The molecule has 0 aliphatic rings. The number of amidine groups is 1. The summed E-state index contributed by atoms with van der Waals surface area (Å²) in [6, 6.07) is 0. The van der Waals surface area contributed by atoms with E-state index in [9.17, 15) is 0 Å². The molecule has 0 aromatic heterocycles. The van der Waals surface area contributed by atoms with E-state index in [0.29, 0.717) is 5.84 Å². The van der Waals surface area contributed by atoms with Crippen molar-refractivity contribution < 1.29 is 4.74 Å². The van der Waals surface area contributed by atoms with Crippen molar-refractivity contribution in [2.45, 2.75) is 19.4 Å². The van der Waals surface area contributed by atoms with Crippen LogP contribution in [0.2, 0.25) is 0 Å². The van der Waals surface area contributed by atoms with E-state index in [4.69, 9.17) is 10.1 Å². The molecular formula is C7H16N2O. The molecule has 0 aromatic carbocycles. The molecule has 0 bridgehead atoms. The van der Waals surface area contributed by atoms with E-state index in [2.05, 4.69) is 0 Å². The second kappa shape index (κ2) is 4.28. The third-order valence-electron chi connectivity index (χ3n) is 1.44. The lowest BCUT2D eigenvalue weighted by atomic mass is 10.2. The van der Waals surface area contributed by atoms with E-state index in [1.54, 1.807) is 12.0 Å². The molecule has 0 aliphatic heterocycles. The van der Waals surface area contributed by atoms with Gasteiger partial charge in [-0.3, -0.25) is 5.41 Å². The third kappa shape index (κ3) is 2.35. The van der Waals surface area contributed by atoms with Crippen LogP contribution in [0.1, 0.15) is 13.3 Å². The Bertz CT molecular complexity index is 108. The molecular weight excluding hydrogens is 128 g/mol. The number of nitrogens with one attached hydrogen (secondary N) is 1. The molecule has 3 heteroatoms. The van der Waals surface area contributed by atoms with Crippen molar-refractivity contribution in [3.8, 4) is 0 Å². The summed E-state index contributed by atoms with van der Waals surface area (Å²) in [5.41, 5.74) is 0. The summed E-state index contributed by atoms with van der Waals surface area (Å²) in [6.07, 6.45) is 0.808. The predicted molar refractivity (Wildman–Crippen MR) is 42.5 cm³/mol. The smallest absolute Gasteiger partial charge is 0.125 e. The van der Waals surface area contributed by atoms with Crippen molar-refractivity contribution in [1.82, 2.24) is 4.90 Å². The SMILES string of the molecule is CCC(OC)C(=N)N(C)C. The maximum Gasteiger partial charge on any atom is 0.125 e. The molecule has 1 atom stereocenters. The highest BCUT2D eigenvalue weighted by Crippen LogP contribution is 1.99. The van der Waals surface area contributed by atoms with Crippen LogP contribution in [0.4, 0.5) is 0 Å². The van der Waals surface area contributed by atoms with Crippen LogP contribution in [0.3, 0.4) is 0 Å². The van der Waals surface area contributed by atoms with Gasteiger partial charge in [0.2, 0.25) is 0 Å². The number of ether oxygens (including phenoxy) is 1. The zero-order chi connectivity index (χ0) is 8.15. The van der Waals surface area contributed by atoms with Gasteiger partial charge in [0.1, 0.15) is 11.9 Å². The zero-order valence-corrected chi connectivity index (χ0v) is 7.14. The van der Waals surface area contributed by atoms with Gasteiger partial charge in [-0.1, -0.05) is 6.92 Å². The monoisotopic (exact) mass is 144 g/mol. The summed E-state index contributed by atoms with van der Waals surface area (Å²) >= 11 is 0. The van der Waals surface area contributed by atoms with E-state index in [1.165, 1.54) is 0 Å². The van der Waals surface area contributed by atoms with Gasteiger partial charge in [0.05, 0.1) is 0 Å². The minimum Gasteiger partial charge on any atom is -0.374 e. The van der Waals surface area contributed by atoms with Crippen molar-refractivity contribution in [3.05, 3.63) is 0 Å². The van der Waals surface area contributed by atoms with Crippen molar-refractivity contribution in [3.63, 3.8) is 0 Å². The van der Waals surface area contributed by atoms with E-state index < -0.39 is 0 Å². The molecule has 3 nitrogen and oxygen atoms in total. The lowest BCUT2D eigenvalue weighted by Gasteiger charge is -2.20. The average molecular weight is 144 g/mol. The van der Waals surface area contributed by atoms with Gasteiger partial charge in [-0.25, -0.2) is 0 Å². The molecule has 0 spiro atoms. The van der Waals surface area contributed by atoms with Crippen LogP contribution in [-0.4, -0.2) is 38.0 Å². The Morgan fingerprint density at radius 2 is 2.10 bits per heavy atom. The second-order valence-electron chi connectivity index (χ2n) is 2.41. The van der Waals surface area contributed by atoms with Gasteiger partial charge < -0.3 is 9.64 Å². The van der Waals surface area contributed by atoms with Crippen molar-refractivity contribution in [1.29, 1.82) is 5.41 Å². The van der Waals surface area contributed by atoms with Gasteiger partial charge in [0, 0.05) is 21.2 Å². The Labute approximate surface area is 62.5 Å². The fourth-order valence-electron chi connectivity index (χ4n) is 0.760. The van der Waals surface area contributed by atoms with Gasteiger partial charge in [-0.05, 0) is 6.42 Å². The van der Waals surface area contributed by atoms with Crippen LogP contribution >= 0.6 is 0 Å². The maximum absolute atomic E-state index is 7.50. The summed E-state index contributed by atoms with van der Waals surface area (Å²) in [5, 5.41) is 7.50. The highest BCUT2D eigenvalue weighted by molar-refractivity contribution is 5.83. The molecule has 0 heterocycles. The lowest BCUT2D eigenvalue weighted by Crippen LogP contribution is -2.33. The van der Waals surface area contributed by atoms with Crippen molar-refractivity contribution in [2.75, 3.05) is 21.2 Å². The van der Waals surface area contributed by atoms with E-state index in [1.807, 2.05) is 21.0 Å². The van der Waals surface area contributed by atoms with Crippen LogP contribution in [0.5, 0.6) is 0 Å². The normalized spacial score (nSPS) is 12.8. The Kier molecular flexibility index (Phi) is 4.03. The number of likely N-dealkylation sites (N-methyl/N-ethyl adjacent to an activating group) is 1. The molecule has 1 unspecified atom stereocenters. The first kappa shape index (κ1) is 9.43. The van der Waals surface area contributed by atoms with Crippen LogP contribution in [-0.2, 0) is 4.74 Å². The summed E-state index contributed by atoms with van der Waals surface area (Å²) in [5.74, 6) is 0.532. The first-order chi connectivity index (χ1) is 4.63. The largest absolute Gasteiger partial charge is 0.374 e. The number of hydrogen-bond acceptors (Lipinski definition) is 2. The standard InChI is InChI=1S/C7H16N2O/c1-5-6(10-4)7(8)9(2)3/h6,8H,5H2,1-4H3. The molecule has 0 saturated heterocycles. The minimum atomic E-state index is -0.0463. The molecule has 0 rings (SSSR count). The van der Waals surface area contributed by atoms with E-state index in [0.717, 1.165) is 6.42 Å². The number of rotatable bonds is 3. The Balaban J connectivity index is 3.89. The Morgan fingerprint density at radius 3 is 2.20 bits per heavy atom. The Hall–Kier alpha value is -0.570. The average Bonchev–Trinajstić information content (AvgIpc) is 1.90. The lowest BCUT2D eigenvalue weighted by molar-refractivity contribution is 0.143. The molecule has 0 amide bonds. The quantitative estimate of drug-likeness (QED) is 0.473. The highest BCUT2D eigenvalue weighted by atomic mass is 16.5. The first-order valence-corrected chi connectivity index (χ1v) is 3.42. The van der Waals surface area contributed by atoms with Crippen molar-refractivity contribution >= 4 is 5.84 Å². The topological polar surface area (TPSA) is 36.3 Å². The molecule has 10 heavy (non-hydrogen) atoms. The first-order valence-electron chi connectivity index (χ1n) is 3.42. The van der Waals surface area contributed by atoms with Gasteiger partial charge in [-0.2, -0.15) is 0 Å². The van der Waals surface area contributed by atoms with Gasteiger partial charge in [0.15, 0.2) is 0 Å². The van der Waals surface area contributed by atoms with Crippen molar-refractivity contribution in [2.24, 2.45) is 0 Å². The number of hydrogen-bond donors (Lipinski definition) is 1. The summed E-state index contributed by atoms with van der Waals surface area (Å²) in [7, 11) is 5.33. The molecule has 0 aromatic rings. The Morgan fingerprint density at radius 1 is 1.60 bits per heavy atom. The fraction of sp³-hybridized carbons (Fsp3) is 0.857. The summed E-state index contributed by atoms with van der Waals surface area (Å²) in [6.45, 7) is 2.01. The highest BCUT2D eigenvalue weighted by Gasteiger charge is 2.11.